The molecule has 0 aromatic carbocycles. The molecule has 0 unspecified atom stereocenters. The first-order chi connectivity index (χ1) is 13.7. The van der Waals surface area contributed by atoms with Crippen LogP contribution in [0.25, 0.3) is 10.8 Å². The molecule has 3 rings (SSSR count). The Hall–Kier alpha value is -2.61. The van der Waals surface area contributed by atoms with Gasteiger partial charge in [0.05, 0.1) is 23.7 Å². The van der Waals surface area contributed by atoms with Crippen LogP contribution in [0, 0.1) is 0 Å². The Balaban J connectivity index is 1.59. The highest BCUT2D eigenvalue weighted by atomic mass is 32.1. The van der Waals surface area contributed by atoms with E-state index in [-0.39, 0.29) is 0 Å². The van der Waals surface area contributed by atoms with Crippen molar-refractivity contribution in [2.45, 2.75) is 52.6 Å². The van der Waals surface area contributed by atoms with Crippen molar-refractivity contribution in [3.63, 3.8) is 0 Å². The maximum atomic E-state index is 5.54. The topological polar surface area (TPSA) is 88.5 Å². The molecular formula is C20H27N5O2S. The van der Waals surface area contributed by atoms with E-state index in [0.29, 0.717) is 30.9 Å². The number of thiophene rings is 1. The zero-order valence-corrected chi connectivity index (χ0v) is 17.4. The molecule has 0 amide bonds. The van der Waals surface area contributed by atoms with Gasteiger partial charge in [-0.3, -0.25) is 0 Å². The lowest BCUT2D eigenvalue weighted by Crippen LogP contribution is -2.36. The fourth-order valence-electron chi connectivity index (χ4n) is 2.88. The van der Waals surface area contributed by atoms with Crippen LogP contribution in [0.2, 0.25) is 0 Å². The molecule has 3 heterocycles. The minimum absolute atomic E-state index is 0.430. The summed E-state index contributed by atoms with van der Waals surface area (Å²) in [7, 11) is 0. The van der Waals surface area contributed by atoms with Gasteiger partial charge < -0.3 is 19.6 Å². The minimum atomic E-state index is 0.430. The van der Waals surface area contributed by atoms with Gasteiger partial charge in [0.25, 0.3) is 0 Å². The van der Waals surface area contributed by atoms with Gasteiger partial charge in [0.15, 0.2) is 11.7 Å². The van der Waals surface area contributed by atoms with Crippen molar-refractivity contribution in [1.29, 1.82) is 0 Å². The lowest BCUT2D eigenvalue weighted by molar-refractivity contribution is 0.368. The van der Waals surface area contributed by atoms with E-state index in [0.717, 1.165) is 41.4 Å². The Morgan fingerprint density at radius 3 is 2.82 bits per heavy atom. The van der Waals surface area contributed by atoms with E-state index >= 15 is 0 Å². The van der Waals surface area contributed by atoms with E-state index in [4.69, 9.17) is 8.94 Å². The Labute approximate surface area is 169 Å². The molecule has 0 saturated heterocycles. The summed E-state index contributed by atoms with van der Waals surface area (Å²) in [6.45, 7) is 8.09. The lowest BCUT2D eigenvalue weighted by atomic mass is 9.99. The summed E-state index contributed by atoms with van der Waals surface area (Å²) in [5.74, 6) is 2.58. The van der Waals surface area contributed by atoms with Gasteiger partial charge in [0.1, 0.15) is 12.0 Å². The summed E-state index contributed by atoms with van der Waals surface area (Å²) < 4.78 is 11.0. The van der Waals surface area contributed by atoms with Gasteiger partial charge in [-0.25, -0.2) is 9.98 Å². The fourth-order valence-corrected chi connectivity index (χ4v) is 3.53. The van der Waals surface area contributed by atoms with E-state index < -0.39 is 0 Å². The molecule has 2 N–H and O–H groups in total. The zero-order valence-electron chi connectivity index (χ0n) is 16.6. The van der Waals surface area contributed by atoms with Crippen molar-refractivity contribution in [3.8, 4) is 10.8 Å². The number of aliphatic imine (C=N–C) groups is 1. The Morgan fingerprint density at radius 2 is 2.11 bits per heavy atom. The third kappa shape index (κ3) is 5.22. The number of nitrogens with one attached hydrogen (secondary N) is 2. The molecule has 3 aromatic heterocycles. The fraction of sp³-hybridized carbons (Fsp3) is 0.450. The first-order valence-electron chi connectivity index (χ1n) is 9.69. The van der Waals surface area contributed by atoms with Crippen molar-refractivity contribution < 1.29 is 8.94 Å². The quantitative estimate of drug-likeness (QED) is 0.404. The zero-order chi connectivity index (χ0) is 19.8. The second-order valence-corrected chi connectivity index (χ2v) is 7.35. The highest BCUT2D eigenvalue weighted by molar-refractivity contribution is 7.13. The first kappa shape index (κ1) is 20.1. The number of guanidine groups is 1. The molecule has 0 atom stereocenters. The average Bonchev–Trinajstić information content (AvgIpc) is 3.46. The standard InChI is InChI=1S/C20H27N5O2S/c1-4-14(5-2)17-10-16(27-25-17)12-23-20(21-6-3)22-11-15-13-26-19(24-15)18-8-7-9-28-18/h7-10,13-14H,4-6,11-12H2,1-3H3,(H2,21,22,23). The number of nitrogens with zero attached hydrogens (tertiary/aromatic N) is 3. The van der Waals surface area contributed by atoms with E-state index in [9.17, 15) is 0 Å². The highest BCUT2D eigenvalue weighted by Gasteiger charge is 2.13. The molecule has 3 aromatic rings. The van der Waals surface area contributed by atoms with Gasteiger partial charge in [-0.15, -0.1) is 11.3 Å². The van der Waals surface area contributed by atoms with Gasteiger partial charge in [0, 0.05) is 18.5 Å². The molecule has 0 fully saturated rings. The normalized spacial score (nSPS) is 11.9. The molecule has 0 bridgehead atoms. The maximum absolute atomic E-state index is 5.54. The monoisotopic (exact) mass is 401 g/mol. The summed E-state index contributed by atoms with van der Waals surface area (Å²) in [6, 6.07) is 6.00. The largest absolute Gasteiger partial charge is 0.443 e. The van der Waals surface area contributed by atoms with Crippen molar-refractivity contribution in [2.24, 2.45) is 4.99 Å². The number of hydrogen-bond acceptors (Lipinski definition) is 6. The smallest absolute Gasteiger partial charge is 0.236 e. The van der Waals surface area contributed by atoms with Crippen molar-refractivity contribution in [1.82, 2.24) is 20.8 Å². The van der Waals surface area contributed by atoms with Crippen LogP contribution in [0.3, 0.4) is 0 Å². The molecule has 0 spiro atoms. The summed E-state index contributed by atoms with van der Waals surface area (Å²) in [5, 5.41) is 12.7. The predicted molar refractivity (Wildman–Crippen MR) is 111 cm³/mol. The number of hydrogen-bond donors (Lipinski definition) is 2. The van der Waals surface area contributed by atoms with Gasteiger partial charge in [-0.05, 0) is 31.2 Å². The molecule has 0 radical (unpaired) electrons. The lowest BCUT2D eigenvalue weighted by Gasteiger charge is -2.09. The SMILES string of the molecule is CCNC(=NCc1coc(-c2cccs2)n1)NCc1cc(C(CC)CC)no1. The van der Waals surface area contributed by atoms with Crippen LogP contribution >= 0.6 is 11.3 Å². The van der Waals surface area contributed by atoms with E-state index in [1.165, 1.54) is 0 Å². The third-order valence-electron chi connectivity index (χ3n) is 4.44. The Kier molecular flexibility index (Phi) is 7.25. The van der Waals surface area contributed by atoms with Crippen LogP contribution in [-0.2, 0) is 13.1 Å². The van der Waals surface area contributed by atoms with Crippen molar-refractivity contribution in [3.05, 3.63) is 47.0 Å². The van der Waals surface area contributed by atoms with Gasteiger partial charge in [-0.2, -0.15) is 0 Å². The average molecular weight is 402 g/mol. The molecule has 0 saturated carbocycles. The van der Waals surface area contributed by atoms with Crippen LogP contribution < -0.4 is 10.6 Å². The summed E-state index contributed by atoms with van der Waals surface area (Å²) in [6.07, 6.45) is 3.77. The molecule has 0 aliphatic rings. The molecule has 0 aliphatic carbocycles. The Bertz CT molecular complexity index is 865. The minimum Gasteiger partial charge on any atom is -0.443 e. The van der Waals surface area contributed by atoms with E-state index in [1.807, 2.05) is 30.5 Å². The number of rotatable bonds is 9. The molecule has 0 aliphatic heterocycles. The van der Waals surface area contributed by atoms with Crippen LogP contribution in [0.4, 0.5) is 0 Å². The molecular weight excluding hydrogens is 374 g/mol. The van der Waals surface area contributed by atoms with Crippen molar-refractivity contribution in [2.75, 3.05) is 6.54 Å². The van der Waals surface area contributed by atoms with Crippen LogP contribution in [0.15, 0.2) is 43.8 Å². The predicted octanol–water partition coefficient (Wildman–Crippen LogP) is 4.55. The first-order valence-corrected chi connectivity index (χ1v) is 10.6. The van der Waals surface area contributed by atoms with Gasteiger partial charge in [0.2, 0.25) is 5.89 Å². The van der Waals surface area contributed by atoms with E-state index in [1.54, 1.807) is 17.6 Å². The molecule has 8 heteroatoms. The molecule has 28 heavy (non-hydrogen) atoms. The van der Waals surface area contributed by atoms with Gasteiger partial charge in [-0.1, -0.05) is 25.1 Å². The summed E-state index contributed by atoms with van der Waals surface area (Å²) in [5.41, 5.74) is 1.81. The second kappa shape index (κ2) is 10.1. The van der Waals surface area contributed by atoms with Crippen LogP contribution in [0.1, 0.15) is 56.7 Å². The molecule has 150 valence electrons. The van der Waals surface area contributed by atoms with E-state index in [2.05, 4.69) is 39.6 Å². The molecule has 7 nitrogen and oxygen atoms in total. The Morgan fingerprint density at radius 1 is 1.25 bits per heavy atom. The maximum Gasteiger partial charge on any atom is 0.236 e. The second-order valence-electron chi connectivity index (χ2n) is 6.40. The third-order valence-corrected chi connectivity index (χ3v) is 5.30. The van der Waals surface area contributed by atoms with Crippen molar-refractivity contribution >= 4 is 17.3 Å². The van der Waals surface area contributed by atoms with Gasteiger partial charge >= 0.3 is 0 Å². The number of oxazole rings is 1. The summed E-state index contributed by atoms with van der Waals surface area (Å²) in [4.78, 5) is 10.1. The number of aromatic nitrogens is 2. The highest BCUT2D eigenvalue weighted by Crippen LogP contribution is 2.24. The summed E-state index contributed by atoms with van der Waals surface area (Å²) >= 11 is 1.60. The van der Waals surface area contributed by atoms with Crippen LogP contribution in [0.5, 0.6) is 0 Å². The van der Waals surface area contributed by atoms with Crippen LogP contribution in [-0.4, -0.2) is 22.6 Å².